The number of benzene rings is 2. The molecule has 0 atom stereocenters. The van der Waals surface area contributed by atoms with Crippen LogP contribution in [0.4, 0.5) is 0 Å². The summed E-state index contributed by atoms with van der Waals surface area (Å²) >= 11 is 23.7. The first kappa shape index (κ1) is 18.3. The van der Waals surface area contributed by atoms with Gasteiger partial charge in [-0.3, -0.25) is 0 Å². The Balaban J connectivity index is 0.000000200. The maximum atomic E-state index is 8.74. The molecule has 2 rings (SSSR count). The molecule has 108 valence electrons. The molecule has 0 unspecified atom stereocenters. The van der Waals surface area contributed by atoms with Crippen LogP contribution in [0, 0.1) is 0 Å². The van der Waals surface area contributed by atoms with Gasteiger partial charge in [0.25, 0.3) is 0 Å². The molecule has 0 radical (unpaired) electrons. The molecule has 0 heterocycles. The lowest BCUT2D eigenvalue weighted by molar-refractivity contribution is 0.282. The quantitative estimate of drug-likeness (QED) is 0.511. The standard InChI is InChI=1S/C7H5BrCl2.C7H6BrClO/c8-6-1-2-7(10)5(3-6)4-9;8-6-1-2-7(9)5(3-6)4-10/h1-3H,4H2;1-3,10H,4H2. The van der Waals surface area contributed by atoms with E-state index >= 15 is 0 Å². The van der Waals surface area contributed by atoms with Crippen molar-refractivity contribution in [1.29, 1.82) is 0 Å². The van der Waals surface area contributed by atoms with Crippen molar-refractivity contribution >= 4 is 66.7 Å². The Kier molecular flexibility index (Phi) is 8.49. The molecule has 0 bridgehead atoms. The molecule has 0 aliphatic carbocycles. The molecule has 0 aliphatic rings. The zero-order valence-electron chi connectivity index (χ0n) is 10.2. The third kappa shape index (κ3) is 5.92. The number of rotatable bonds is 2. The zero-order chi connectivity index (χ0) is 15.1. The fraction of sp³-hybridized carbons (Fsp3) is 0.143. The summed E-state index contributed by atoms with van der Waals surface area (Å²) in [6.07, 6.45) is 0. The van der Waals surface area contributed by atoms with Crippen LogP contribution in [0.1, 0.15) is 11.1 Å². The second kappa shape index (κ2) is 9.29. The summed E-state index contributed by atoms with van der Waals surface area (Å²) in [5.74, 6) is 0.457. The highest BCUT2D eigenvalue weighted by molar-refractivity contribution is 9.10. The molecule has 0 fully saturated rings. The van der Waals surface area contributed by atoms with Gasteiger partial charge in [0.05, 0.1) is 6.61 Å². The molecule has 0 spiro atoms. The van der Waals surface area contributed by atoms with E-state index < -0.39 is 0 Å². The lowest BCUT2D eigenvalue weighted by Crippen LogP contribution is -1.83. The van der Waals surface area contributed by atoms with Gasteiger partial charge < -0.3 is 5.11 Å². The Bertz CT molecular complexity index is 525. The number of aliphatic hydroxyl groups excluding tert-OH is 1. The molecule has 2 aromatic rings. The number of halogens is 5. The molecular formula is C14H11Br2Cl3O. The van der Waals surface area contributed by atoms with Crippen molar-refractivity contribution in [2.24, 2.45) is 0 Å². The minimum absolute atomic E-state index is 0.0156. The molecule has 0 amide bonds. The van der Waals surface area contributed by atoms with Gasteiger partial charge in [0.2, 0.25) is 0 Å². The molecular weight excluding hydrogens is 450 g/mol. The third-order valence-electron chi connectivity index (χ3n) is 2.33. The van der Waals surface area contributed by atoms with Crippen LogP contribution in [0.25, 0.3) is 0 Å². The second-order valence-corrected chi connectivity index (χ2v) is 6.68. The number of hydrogen-bond donors (Lipinski definition) is 1. The highest BCUT2D eigenvalue weighted by Crippen LogP contribution is 2.22. The van der Waals surface area contributed by atoms with Gasteiger partial charge in [-0.25, -0.2) is 0 Å². The fourth-order valence-corrected chi connectivity index (χ4v) is 2.78. The molecule has 20 heavy (non-hydrogen) atoms. The summed E-state index contributed by atoms with van der Waals surface area (Å²) < 4.78 is 1.94. The first-order valence-corrected chi connectivity index (χ1v) is 8.40. The maximum absolute atomic E-state index is 8.74. The van der Waals surface area contributed by atoms with E-state index in [0.717, 1.165) is 25.1 Å². The highest BCUT2D eigenvalue weighted by atomic mass is 79.9. The number of aliphatic hydroxyl groups is 1. The van der Waals surface area contributed by atoms with Crippen LogP contribution in [0.5, 0.6) is 0 Å². The van der Waals surface area contributed by atoms with Crippen LogP contribution < -0.4 is 0 Å². The average Bonchev–Trinajstić information content (AvgIpc) is 2.44. The first-order valence-electron chi connectivity index (χ1n) is 5.52. The van der Waals surface area contributed by atoms with Crippen molar-refractivity contribution in [2.45, 2.75) is 12.5 Å². The Labute approximate surface area is 150 Å². The van der Waals surface area contributed by atoms with Crippen molar-refractivity contribution < 1.29 is 5.11 Å². The Morgan fingerprint density at radius 3 is 1.65 bits per heavy atom. The minimum Gasteiger partial charge on any atom is -0.392 e. The number of hydrogen-bond acceptors (Lipinski definition) is 1. The van der Waals surface area contributed by atoms with Gasteiger partial charge in [-0.1, -0.05) is 55.1 Å². The van der Waals surface area contributed by atoms with Crippen LogP contribution in [0.3, 0.4) is 0 Å². The second-order valence-electron chi connectivity index (χ2n) is 3.76. The lowest BCUT2D eigenvalue weighted by Gasteiger charge is -1.98. The summed E-state index contributed by atoms with van der Waals surface area (Å²) in [5.41, 5.74) is 1.70. The van der Waals surface area contributed by atoms with E-state index in [2.05, 4.69) is 31.9 Å². The maximum Gasteiger partial charge on any atom is 0.0696 e. The van der Waals surface area contributed by atoms with E-state index in [-0.39, 0.29) is 6.61 Å². The smallest absolute Gasteiger partial charge is 0.0696 e. The average molecular weight is 461 g/mol. The van der Waals surface area contributed by atoms with Crippen molar-refractivity contribution in [3.05, 3.63) is 66.5 Å². The fourth-order valence-electron chi connectivity index (χ4n) is 1.31. The summed E-state index contributed by atoms with van der Waals surface area (Å²) in [7, 11) is 0. The number of alkyl halides is 1. The van der Waals surface area contributed by atoms with Gasteiger partial charge >= 0.3 is 0 Å². The van der Waals surface area contributed by atoms with Gasteiger partial charge in [0, 0.05) is 24.9 Å². The molecule has 0 saturated carbocycles. The Morgan fingerprint density at radius 2 is 1.30 bits per heavy atom. The first-order chi connectivity index (χ1) is 9.47. The van der Waals surface area contributed by atoms with Gasteiger partial charge in [0.15, 0.2) is 0 Å². The Morgan fingerprint density at radius 1 is 0.850 bits per heavy atom. The van der Waals surface area contributed by atoms with Crippen LogP contribution in [0.15, 0.2) is 45.3 Å². The SMILES string of the molecule is ClCc1cc(Br)ccc1Cl.OCc1cc(Br)ccc1Cl. The van der Waals surface area contributed by atoms with Crippen LogP contribution >= 0.6 is 66.7 Å². The van der Waals surface area contributed by atoms with Gasteiger partial charge in [0.1, 0.15) is 0 Å². The largest absolute Gasteiger partial charge is 0.392 e. The summed E-state index contributed by atoms with van der Waals surface area (Å²) in [6, 6.07) is 11.0. The van der Waals surface area contributed by atoms with Crippen molar-refractivity contribution in [3.8, 4) is 0 Å². The van der Waals surface area contributed by atoms with Gasteiger partial charge in [-0.2, -0.15) is 0 Å². The third-order valence-corrected chi connectivity index (χ3v) is 4.34. The molecule has 1 nitrogen and oxygen atoms in total. The van der Waals surface area contributed by atoms with E-state index in [1.165, 1.54) is 0 Å². The molecule has 2 aromatic carbocycles. The van der Waals surface area contributed by atoms with E-state index in [1.807, 2.05) is 24.3 Å². The zero-order valence-corrected chi connectivity index (χ0v) is 15.7. The summed E-state index contributed by atoms with van der Waals surface area (Å²) in [6.45, 7) is -0.0156. The van der Waals surface area contributed by atoms with Crippen molar-refractivity contribution in [3.63, 3.8) is 0 Å². The van der Waals surface area contributed by atoms with E-state index in [4.69, 9.17) is 39.9 Å². The van der Waals surface area contributed by atoms with E-state index in [1.54, 1.807) is 12.1 Å². The predicted molar refractivity (Wildman–Crippen MR) is 93.8 cm³/mol. The normalized spacial score (nSPS) is 9.90. The van der Waals surface area contributed by atoms with Crippen LogP contribution in [-0.2, 0) is 12.5 Å². The van der Waals surface area contributed by atoms with Crippen molar-refractivity contribution in [1.82, 2.24) is 0 Å². The van der Waals surface area contributed by atoms with Crippen molar-refractivity contribution in [2.75, 3.05) is 0 Å². The molecule has 1 N–H and O–H groups in total. The van der Waals surface area contributed by atoms with Crippen LogP contribution in [0.2, 0.25) is 10.0 Å². The highest BCUT2D eigenvalue weighted by Gasteiger charge is 1.98. The monoisotopic (exact) mass is 458 g/mol. The van der Waals surface area contributed by atoms with Crippen LogP contribution in [-0.4, -0.2) is 5.11 Å². The van der Waals surface area contributed by atoms with Gasteiger partial charge in [-0.15, -0.1) is 11.6 Å². The predicted octanol–water partition coefficient (Wildman–Crippen LogP) is 6.44. The summed E-state index contributed by atoms with van der Waals surface area (Å²) in [4.78, 5) is 0. The summed E-state index contributed by atoms with van der Waals surface area (Å²) in [5, 5.41) is 10.1. The van der Waals surface area contributed by atoms with Gasteiger partial charge in [-0.05, 0) is 47.5 Å². The van der Waals surface area contributed by atoms with E-state index in [9.17, 15) is 0 Å². The lowest BCUT2D eigenvalue weighted by atomic mass is 10.2. The minimum atomic E-state index is -0.0156. The molecule has 0 aliphatic heterocycles. The van der Waals surface area contributed by atoms with E-state index in [0.29, 0.717) is 10.9 Å². The molecule has 0 saturated heterocycles. The Hall–Kier alpha value is 0.230. The molecule has 6 heteroatoms. The molecule has 0 aromatic heterocycles. The topological polar surface area (TPSA) is 20.2 Å².